The van der Waals surface area contributed by atoms with Gasteiger partial charge in [0.05, 0.1) is 0 Å². The van der Waals surface area contributed by atoms with E-state index < -0.39 is 0 Å². The average molecular weight is 260 g/mol. The minimum atomic E-state index is 0.193. The molecule has 1 aliphatic rings. The Morgan fingerprint density at radius 2 is 2.05 bits per heavy atom. The number of nitrogens with one attached hydrogen (secondary N) is 2. The van der Waals surface area contributed by atoms with Crippen LogP contribution < -0.4 is 10.6 Å². The third-order valence-corrected chi connectivity index (χ3v) is 4.25. The highest BCUT2D eigenvalue weighted by atomic mass is 15.0. The number of rotatable bonds is 6. The third-order valence-electron chi connectivity index (χ3n) is 4.25. The molecule has 2 nitrogen and oxygen atoms in total. The molecule has 2 rings (SSSR count). The van der Waals surface area contributed by atoms with Gasteiger partial charge in [0.2, 0.25) is 0 Å². The van der Waals surface area contributed by atoms with E-state index in [1.165, 1.54) is 31.4 Å². The molecule has 106 valence electrons. The molecule has 0 aromatic heterocycles. The molecule has 0 saturated carbocycles. The summed E-state index contributed by atoms with van der Waals surface area (Å²) in [6, 6.07) is 12.1. The number of hydrogen-bond acceptors (Lipinski definition) is 2. The van der Waals surface area contributed by atoms with Crippen molar-refractivity contribution in [3.63, 3.8) is 0 Å². The molecule has 19 heavy (non-hydrogen) atoms. The lowest BCUT2D eigenvalue weighted by atomic mass is 9.84. The van der Waals surface area contributed by atoms with Gasteiger partial charge in [-0.1, -0.05) is 44.2 Å². The normalized spacial score (nSPS) is 21.5. The molecular weight excluding hydrogens is 232 g/mol. The van der Waals surface area contributed by atoms with Crippen molar-refractivity contribution in [3.05, 3.63) is 35.9 Å². The van der Waals surface area contributed by atoms with Crippen LogP contribution in [0.1, 0.15) is 45.6 Å². The van der Waals surface area contributed by atoms with Gasteiger partial charge in [0.25, 0.3) is 0 Å². The van der Waals surface area contributed by atoms with E-state index in [0.29, 0.717) is 6.04 Å². The van der Waals surface area contributed by atoms with Crippen molar-refractivity contribution >= 4 is 0 Å². The van der Waals surface area contributed by atoms with Crippen LogP contribution in [0.25, 0.3) is 0 Å². The number of hydrogen-bond donors (Lipinski definition) is 2. The summed E-state index contributed by atoms with van der Waals surface area (Å²) < 4.78 is 0. The van der Waals surface area contributed by atoms with Crippen LogP contribution >= 0.6 is 0 Å². The fourth-order valence-corrected chi connectivity index (χ4v) is 2.89. The summed E-state index contributed by atoms with van der Waals surface area (Å²) in [4.78, 5) is 0. The van der Waals surface area contributed by atoms with Crippen LogP contribution in [0.4, 0.5) is 0 Å². The molecule has 2 unspecified atom stereocenters. The molecule has 2 atom stereocenters. The maximum absolute atomic E-state index is 3.71. The average Bonchev–Trinajstić information content (AvgIpc) is 2.90. The SMILES string of the molecule is CC(CC1CCCN1)NCC(C)(C)c1ccccc1. The standard InChI is InChI=1S/C17H28N2/c1-14(12-16-10-7-11-18-16)19-13-17(2,3)15-8-5-4-6-9-15/h4-6,8-9,14,16,18-19H,7,10-13H2,1-3H3. The molecule has 2 heteroatoms. The maximum atomic E-state index is 3.71. The van der Waals surface area contributed by atoms with Crippen LogP contribution in [0.2, 0.25) is 0 Å². The van der Waals surface area contributed by atoms with Crippen LogP contribution in [0.15, 0.2) is 30.3 Å². The van der Waals surface area contributed by atoms with Gasteiger partial charge < -0.3 is 10.6 Å². The van der Waals surface area contributed by atoms with Crippen LogP contribution in [0.5, 0.6) is 0 Å². The quantitative estimate of drug-likeness (QED) is 0.821. The molecule has 1 heterocycles. The highest BCUT2D eigenvalue weighted by Crippen LogP contribution is 2.22. The lowest BCUT2D eigenvalue weighted by Gasteiger charge is -2.28. The summed E-state index contributed by atoms with van der Waals surface area (Å²) in [6.45, 7) is 9.17. The van der Waals surface area contributed by atoms with Crippen molar-refractivity contribution in [1.29, 1.82) is 0 Å². The lowest BCUT2D eigenvalue weighted by molar-refractivity contribution is 0.389. The fourth-order valence-electron chi connectivity index (χ4n) is 2.89. The van der Waals surface area contributed by atoms with Gasteiger partial charge in [0, 0.05) is 24.0 Å². The summed E-state index contributed by atoms with van der Waals surface area (Å²) in [6.07, 6.45) is 3.92. The predicted octanol–water partition coefficient (Wildman–Crippen LogP) is 3.08. The summed E-state index contributed by atoms with van der Waals surface area (Å²) >= 11 is 0. The summed E-state index contributed by atoms with van der Waals surface area (Å²) in [7, 11) is 0. The number of benzene rings is 1. The Labute approximate surface area is 118 Å². The Kier molecular flexibility index (Phi) is 5.00. The molecule has 1 fully saturated rings. The Balaban J connectivity index is 1.80. The molecule has 1 aliphatic heterocycles. The smallest absolute Gasteiger partial charge is 0.00822 e. The van der Waals surface area contributed by atoms with Gasteiger partial charge in [0.15, 0.2) is 0 Å². The van der Waals surface area contributed by atoms with Gasteiger partial charge >= 0.3 is 0 Å². The predicted molar refractivity (Wildman–Crippen MR) is 82.6 cm³/mol. The molecule has 2 N–H and O–H groups in total. The Morgan fingerprint density at radius 3 is 2.68 bits per heavy atom. The van der Waals surface area contributed by atoms with E-state index in [1.807, 2.05) is 0 Å². The monoisotopic (exact) mass is 260 g/mol. The molecule has 0 aliphatic carbocycles. The van der Waals surface area contributed by atoms with Crippen LogP contribution in [0.3, 0.4) is 0 Å². The van der Waals surface area contributed by atoms with Crippen molar-refractivity contribution in [2.45, 2.75) is 57.5 Å². The lowest BCUT2D eigenvalue weighted by Crippen LogP contribution is -2.40. The summed E-state index contributed by atoms with van der Waals surface area (Å²) in [5, 5.41) is 7.28. The van der Waals surface area contributed by atoms with Crippen LogP contribution in [0, 0.1) is 0 Å². The molecule has 0 radical (unpaired) electrons. The Hall–Kier alpha value is -0.860. The maximum Gasteiger partial charge on any atom is 0.00822 e. The van der Waals surface area contributed by atoms with Gasteiger partial charge in [-0.25, -0.2) is 0 Å². The molecule has 1 aromatic carbocycles. The molecule has 1 aromatic rings. The van der Waals surface area contributed by atoms with Crippen LogP contribution in [-0.4, -0.2) is 25.2 Å². The second kappa shape index (κ2) is 6.53. The van der Waals surface area contributed by atoms with E-state index in [4.69, 9.17) is 0 Å². The molecular formula is C17H28N2. The van der Waals surface area contributed by atoms with Gasteiger partial charge in [-0.2, -0.15) is 0 Å². The van der Waals surface area contributed by atoms with Crippen molar-refractivity contribution in [1.82, 2.24) is 10.6 Å². The largest absolute Gasteiger partial charge is 0.314 e. The van der Waals surface area contributed by atoms with E-state index in [9.17, 15) is 0 Å². The zero-order chi connectivity index (χ0) is 13.7. The van der Waals surface area contributed by atoms with Crippen molar-refractivity contribution in [2.75, 3.05) is 13.1 Å². The molecule has 0 spiro atoms. The van der Waals surface area contributed by atoms with E-state index in [0.717, 1.165) is 12.6 Å². The van der Waals surface area contributed by atoms with Gasteiger partial charge in [0.1, 0.15) is 0 Å². The highest BCUT2D eigenvalue weighted by molar-refractivity contribution is 5.23. The first-order valence-electron chi connectivity index (χ1n) is 7.60. The minimum Gasteiger partial charge on any atom is -0.314 e. The third kappa shape index (κ3) is 4.32. The van der Waals surface area contributed by atoms with E-state index in [1.54, 1.807) is 0 Å². The second-order valence-electron chi connectivity index (χ2n) is 6.56. The first-order chi connectivity index (χ1) is 9.08. The topological polar surface area (TPSA) is 24.1 Å². The zero-order valence-electron chi connectivity index (χ0n) is 12.6. The first kappa shape index (κ1) is 14.5. The van der Waals surface area contributed by atoms with E-state index in [-0.39, 0.29) is 5.41 Å². The first-order valence-corrected chi connectivity index (χ1v) is 7.60. The second-order valence-corrected chi connectivity index (χ2v) is 6.56. The molecule has 0 bridgehead atoms. The van der Waals surface area contributed by atoms with Crippen molar-refractivity contribution in [2.24, 2.45) is 0 Å². The Morgan fingerprint density at radius 1 is 1.32 bits per heavy atom. The van der Waals surface area contributed by atoms with Crippen molar-refractivity contribution in [3.8, 4) is 0 Å². The molecule has 1 saturated heterocycles. The van der Waals surface area contributed by atoms with Crippen molar-refractivity contribution < 1.29 is 0 Å². The van der Waals surface area contributed by atoms with Gasteiger partial charge in [-0.15, -0.1) is 0 Å². The summed E-state index contributed by atoms with van der Waals surface area (Å²) in [5.74, 6) is 0. The zero-order valence-corrected chi connectivity index (χ0v) is 12.6. The van der Waals surface area contributed by atoms with E-state index in [2.05, 4.69) is 61.7 Å². The Bertz CT molecular complexity index is 366. The van der Waals surface area contributed by atoms with Gasteiger partial charge in [-0.05, 0) is 38.3 Å². The molecule has 0 amide bonds. The van der Waals surface area contributed by atoms with Gasteiger partial charge in [-0.3, -0.25) is 0 Å². The minimum absolute atomic E-state index is 0.193. The highest BCUT2D eigenvalue weighted by Gasteiger charge is 2.22. The van der Waals surface area contributed by atoms with Crippen LogP contribution in [-0.2, 0) is 5.41 Å². The fraction of sp³-hybridized carbons (Fsp3) is 0.647. The van der Waals surface area contributed by atoms with E-state index >= 15 is 0 Å². The summed E-state index contributed by atoms with van der Waals surface area (Å²) in [5.41, 5.74) is 1.60.